The molecule has 2 aromatic heterocycles. The van der Waals surface area contributed by atoms with Crippen molar-refractivity contribution < 1.29 is 4.42 Å². The van der Waals surface area contributed by atoms with Crippen molar-refractivity contribution in [1.29, 1.82) is 0 Å². The van der Waals surface area contributed by atoms with Crippen molar-refractivity contribution in [3.63, 3.8) is 0 Å². The Kier molecular flexibility index (Phi) is 18.9. The van der Waals surface area contributed by atoms with Gasteiger partial charge in [-0.25, -0.2) is 0 Å². The molecule has 662 valence electrons. The highest BCUT2D eigenvalue weighted by molar-refractivity contribution is 7.26. The van der Waals surface area contributed by atoms with Crippen LogP contribution in [0.1, 0.15) is 74.9 Å². The van der Waals surface area contributed by atoms with Crippen LogP contribution in [-0.2, 0) is 16.2 Å². The number of anilines is 9. The molecule has 29 rings (SSSR count). The lowest BCUT2D eigenvalue weighted by atomic mass is 9.79. The molecule has 3 aliphatic carbocycles. The van der Waals surface area contributed by atoms with E-state index in [1.54, 1.807) is 0 Å². The van der Waals surface area contributed by atoms with Crippen LogP contribution in [0.3, 0.4) is 0 Å². The Morgan fingerprint density at radius 3 is 1.10 bits per heavy atom. The van der Waals surface area contributed by atoms with Crippen LogP contribution in [0.2, 0.25) is 0 Å². The molecular weight excluding hydrogens is 1710 g/mol. The molecule has 0 N–H and O–H groups in total. The Morgan fingerprint density at radius 1 is 0.193 bits per heavy atom. The van der Waals surface area contributed by atoms with E-state index >= 15 is 0 Å². The van der Waals surface area contributed by atoms with E-state index in [0.29, 0.717) is 0 Å². The summed E-state index contributed by atoms with van der Waals surface area (Å²) in [6.45, 7) is 14.3. The molecular formula is C135H95N3OS. The second-order valence-electron chi connectivity index (χ2n) is 39.5. The standard InChI is InChI=1S/C45H31NO.C45H31NS.C45H33N/c2*1-45(2)37-19-10-8-17-34(37)42-36-25-23-28-27-30(24-26-31(28)41(36)32-15-6-7-16-33(32)44(42)45)46(29-13-4-3-5-14-29)38-20-12-22-40-43(38)35-18-9-11-21-39(35)47-40;1-45(2)41-16-10-9-15-39(41)40-27-23-33-18-17-32-19-20-34-29-37(26-28-38(34)42(32)43(33)44(40)45)46(35-13-7-4-8-14-35)36-24-21-31(22-25-36)30-11-5-3-6-12-30/h2*3-27H,1-2H3;3-29H,1-2H3. The normalized spacial score (nSPS) is 13.4. The van der Waals surface area contributed by atoms with E-state index in [1.165, 1.54) is 201 Å². The summed E-state index contributed by atoms with van der Waals surface area (Å²) in [7, 11) is 0. The first-order chi connectivity index (χ1) is 68.8. The third-order valence-corrected chi connectivity index (χ3v) is 31.9. The lowest BCUT2D eigenvalue weighted by Crippen LogP contribution is -2.15. The van der Waals surface area contributed by atoms with Crippen LogP contribution in [-0.4, -0.2) is 0 Å². The van der Waals surface area contributed by atoms with E-state index in [1.807, 2.05) is 23.5 Å². The van der Waals surface area contributed by atoms with Crippen LogP contribution < -0.4 is 14.7 Å². The predicted octanol–water partition coefficient (Wildman–Crippen LogP) is 38.7. The number of para-hydroxylation sites is 4. The van der Waals surface area contributed by atoms with Gasteiger partial charge in [-0.2, -0.15) is 0 Å². The zero-order valence-electron chi connectivity index (χ0n) is 78.6. The maximum atomic E-state index is 6.32. The smallest absolute Gasteiger partial charge is 0.137 e. The van der Waals surface area contributed by atoms with Gasteiger partial charge in [0.1, 0.15) is 11.2 Å². The molecule has 0 fully saturated rings. The molecule has 0 aliphatic heterocycles. The average Bonchev–Trinajstić information content (AvgIpc) is 1.53. The number of hydrogen-bond donors (Lipinski definition) is 0. The van der Waals surface area contributed by atoms with Gasteiger partial charge in [0.2, 0.25) is 0 Å². The van der Waals surface area contributed by atoms with Crippen molar-refractivity contribution in [2.24, 2.45) is 0 Å². The minimum absolute atomic E-state index is 0.0679. The molecule has 0 spiro atoms. The number of benzene rings is 24. The maximum Gasteiger partial charge on any atom is 0.137 e. The molecule has 4 nitrogen and oxygen atoms in total. The minimum atomic E-state index is -0.0855. The molecule has 3 aliphatic rings. The van der Waals surface area contributed by atoms with E-state index in [2.05, 4.69) is 511 Å². The lowest BCUT2D eigenvalue weighted by molar-refractivity contribution is 0.666. The van der Waals surface area contributed by atoms with Crippen molar-refractivity contribution in [2.75, 3.05) is 14.7 Å². The molecule has 26 aromatic rings. The number of fused-ring (bicyclic) bond motifs is 35. The number of nitrogens with zero attached hydrogens (tertiary/aromatic N) is 3. The van der Waals surface area contributed by atoms with Gasteiger partial charge in [-0.05, 0) is 296 Å². The van der Waals surface area contributed by atoms with E-state index in [4.69, 9.17) is 4.42 Å². The zero-order chi connectivity index (χ0) is 93.4. The van der Waals surface area contributed by atoms with Crippen molar-refractivity contribution in [3.8, 4) is 44.5 Å². The minimum Gasteiger partial charge on any atom is -0.456 e. The van der Waals surface area contributed by atoms with Gasteiger partial charge in [0, 0.05) is 81.6 Å². The summed E-state index contributed by atoms with van der Waals surface area (Å²) in [6.07, 6.45) is 0. The van der Waals surface area contributed by atoms with Gasteiger partial charge in [-0.15, -0.1) is 11.3 Å². The topological polar surface area (TPSA) is 22.9 Å². The summed E-state index contributed by atoms with van der Waals surface area (Å²) in [6, 6.07) is 171. The summed E-state index contributed by atoms with van der Waals surface area (Å²) in [5, 5.41) is 28.4. The van der Waals surface area contributed by atoms with E-state index in [-0.39, 0.29) is 16.2 Å². The molecule has 140 heavy (non-hydrogen) atoms. The Morgan fingerprint density at radius 2 is 0.550 bits per heavy atom. The van der Waals surface area contributed by atoms with Gasteiger partial charge in [-0.3, -0.25) is 0 Å². The molecule has 2 heterocycles. The van der Waals surface area contributed by atoms with Crippen molar-refractivity contribution in [2.45, 2.75) is 57.8 Å². The highest BCUT2D eigenvalue weighted by atomic mass is 32.1. The first kappa shape index (κ1) is 82.5. The molecule has 0 radical (unpaired) electrons. The van der Waals surface area contributed by atoms with Crippen LogP contribution >= 0.6 is 11.3 Å². The number of thiophene rings is 1. The van der Waals surface area contributed by atoms with Crippen molar-refractivity contribution >= 4 is 202 Å². The zero-order valence-corrected chi connectivity index (χ0v) is 79.4. The summed E-state index contributed by atoms with van der Waals surface area (Å²) in [5.41, 5.74) is 31.0. The Labute approximate surface area is 817 Å². The van der Waals surface area contributed by atoms with Crippen molar-refractivity contribution in [1.82, 2.24) is 0 Å². The summed E-state index contributed by atoms with van der Waals surface area (Å²) >= 11 is 1.87. The lowest BCUT2D eigenvalue weighted by Gasteiger charge is -2.27. The van der Waals surface area contributed by atoms with Gasteiger partial charge < -0.3 is 19.1 Å². The largest absolute Gasteiger partial charge is 0.456 e. The highest BCUT2D eigenvalue weighted by Crippen LogP contribution is 2.60. The fourth-order valence-corrected chi connectivity index (χ4v) is 25.8. The van der Waals surface area contributed by atoms with Crippen LogP contribution in [0.25, 0.3) is 184 Å². The van der Waals surface area contributed by atoms with Gasteiger partial charge in [0.05, 0.1) is 16.8 Å². The second-order valence-corrected chi connectivity index (χ2v) is 40.6. The molecule has 0 saturated carbocycles. The van der Waals surface area contributed by atoms with Gasteiger partial charge in [0.25, 0.3) is 0 Å². The summed E-state index contributed by atoms with van der Waals surface area (Å²) < 4.78 is 8.95. The summed E-state index contributed by atoms with van der Waals surface area (Å²) in [5.74, 6) is 0. The molecule has 0 atom stereocenters. The maximum absolute atomic E-state index is 6.32. The molecule has 0 unspecified atom stereocenters. The second kappa shape index (κ2) is 32.1. The fraction of sp³-hybridized carbons (Fsp3) is 0.0667. The van der Waals surface area contributed by atoms with Gasteiger partial charge in [0.15, 0.2) is 0 Å². The van der Waals surface area contributed by atoms with Crippen LogP contribution in [0.4, 0.5) is 51.2 Å². The van der Waals surface area contributed by atoms with Crippen LogP contribution in [0, 0.1) is 0 Å². The molecule has 0 saturated heterocycles. The average molecular weight is 1810 g/mol. The third kappa shape index (κ3) is 12.7. The number of hydrogen-bond acceptors (Lipinski definition) is 5. The number of rotatable bonds is 10. The summed E-state index contributed by atoms with van der Waals surface area (Å²) in [4.78, 5) is 7.16. The molecule has 0 bridgehead atoms. The fourth-order valence-electron chi connectivity index (χ4n) is 24.6. The highest BCUT2D eigenvalue weighted by Gasteiger charge is 2.42. The Bertz CT molecular complexity index is 9230. The van der Waals surface area contributed by atoms with E-state index in [0.717, 1.165) is 67.4 Å². The van der Waals surface area contributed by atoms with Crippen LogP contribution in [0.5, 0.6) is 0 Å². The third-order valence-electron chi connectivity index (χ3n) is 30.7. The molecule has 0 amide bonds. The monoisotopic (exact) mass is 1810 g/mol. The van der Waals surface area contributed by atoms with E-state index < -0.39 is 0 Å². The first-order valence-electron chi connectivity index (χ1n) is 48.8. The molecule has 24 aromatic carbocycles. The van der Waals surface area contributed by atoms with Gasteiger partial charge in [-0.1, -0.05) is 387 Å². The van der Waals surface area contributed by atoms with Gasteiger partial charge >= 0.3 is 0 Å². The van der Waals surface area contributed by atoms with Crippen molar-refractivity contribution in [3.05, 3.63) is 500 Å². The SMILES string of the molecule is CC1(C)c2ccccc2-c2c1c1ccccc1c1c2ccc2cc(N(c3ccccc3)c3cccc4oc5ccccc5c34)ccc21.CC1(C)c2ccccc2-c2c1c1ccccc1c1c2ccc2cc(N(c3ccccc3)c3cccc4sc5ccccc5c34)ccc21.CC1(C)c2ccccc2-c2ccc3ccc4ccc5cc(N(c6ccccc6)c6ccc(-c7ccccc7)cc6)ccc5c4c3c21. The van der Waals surface area contributed by atoms with Crippen LogP contribution in [0.15, 0.2) is 472 Å². The predicted molar refractivity (Wildman–Crippen MR) is 599 cm³/mol. The van der Waals surface area contributed by atoms with E-state index in [9.17, 15) is 0 Å². The Hall–Kier alpha value is -17.0. The number of furan rings is 1. The quantitative estimate of drug-likeness (QED) is 0.127. The first-order valence-corrected chi connectivity index (χ1v) is 49.7. The Balaban J connectivity index is 0.000000105. The molecule has 5 heteroatoms.